The molecule has 0 aromatic rings. The van der Waals surface area contributed by atoms with Crippen molar-refractivity contribution in [3.63, 3.8) is 0 Å². The lowest BCUT2D eigenvalue weighted by Gasteiger charge is -2.17. The van der Waals surface area contributed by atoms with Gasteiger partial charge in [0.05, 0.1) is 0 Å². The Hall–Kier alpha value is -0.300. The van der Waals surface area contributed by atoms with Crippen LogP contribution in [-0.2, 0) is 0 Å². The van der Waals surface area contributed by atoms with Crippen molar-refractivity contribution in [2.45, 2.75) is 45.6 Å². The summed E-state index contributed by atoms with van der Waals surface area (Å²) in [5.74, 6) is 1.91. The van der Waals surface area contributed by atoms with E-state index >= 15 is 0 Å². The minimum Gasteiger partial charge on any atom is -0.314 e. The van der Waals surface area contributed by atoms with E-state index in [1.165, 1.54) is 25.8 Å². The maximum absolute atomic E-state index is 3.78. The molecule has 76 valence electrons. The number of nitrogens with one attached hydrogen (secondary N) is 1. The van der Waals surface area contributed by atoms with Crippen LogP contribution in [0.2, 0.25) is 0 Å². The van der Waals surface area contributed by atoms with Crippen LogP contribution in [0.25, 0.3) is 0 Å². The van der Waals surface area contributed by atoms with E-state index in [1.807, 2.05) is 6.08 Å². The summed E-state index contributed by atoms with van der Waals surface area (Å²) in [5, 5.41) is 3.65. The van der Waals surface area contributed by atoms with Crippen LogP contribution in [0.15, 0.2) is 12.7 Å². The standard InChI is InChI=1S/C12H23N/c1-4-6-7-12(13-8-5-2)11-9-10(11)3/h4,10-13H,1,5-9H2,2-3H3. The summed E-state index contributed by atoms with van der Waals surface area (Å²) >= 11 is 0. The van der Waals surface area contributed by atoms with Gasteiger partial charge >= 0.3 is 0 Å². The molecule has 1 aliphatic carbocycles. The third kappa shape index (κ3) is 3.51. The van der Waals surface area contributed by atoms with Gasteiger partial charge in [-0.1, -0.05) is 19.9 Å². The van der Waals surface area contributed by atoms with Gasteiger partial charge in [0, 0.05) is 6.04 Å². The van der Waals surface area contributed by atoms with Crippen molar-refractivity contribution in [3.05, 3.63) is 12.7 Å². The Bertz CT molecular complexity index is 153. The second-order valence-corrected chi connectivity index (χ2v) is 4.30. The van der Waals surface area contributed by atoms with Crippen LogP contribution in [0.4, 0.5) is 0 Å². The number of allylic oxidation sites excluding steroid dienone is 1. The quantitative estimate of drug-likeness (QED) is 0.595. The minimum atomic E-state index is 0.757. The van der Waals surface area contributed by atoms with Crippen LogP contribution in [-0.4, -0.2) is 12.6 Å². The van der Waals surface area contributed by atoms with Gasteiger partial charge in [0.1, 0.15) is 0 Å². The highest BCUT2D eigenvalue weighted by Gasteiger charge is 2.38. The maximum atomic E-state index is 3.78. The highest BCUT2D eigenvalue weighted by atomic mass is 14.9. The molecule has 1 rings (SSSR count). The van der Waals surface area contributed by atoms with Crippen LogP contribution >= 0.6 is 0 Å². The average Bonchev–Trinajstić information content (AvgIpc) is 2.83. The first-order valence-corrected chi connectivity index (χ1v) is 5.63. The van der Waals surface area contributed by atoms with Gasteiger partial charge in [0.25, 0.3) is 0 Å². The summed E-state index contributed by atoms with van der Waals surface area (Å²) < 4.78 is 0. The Morgan fingerprint density at radius 2 is 2.31 bits per heavy atom. The Labute approximate surface area is 82.6 Å². The molecule has 0 aromatic heterocycles. The summed E-state index contributed by atoms with van der Waals surface area (Å²) in [5.41, 5.74) is 0. The van der Waals surface area contributed by atoms with Gasteiger partial charge in [0.2, 0.25) is 0 Å². The van der Waals surface area contributed by atoms with Gasteiger partial charge in [-0.25, -0.2) is 0 Å². The molecule has 0 heterocycles. The summed E-state index contributed by atoms with van der Waals surface area (Å²) in [4.78, 5) is 0. The largest absolute Gasteiger partial charge is 0.314 e. The molecule has 1 aliphatic rings. The Morgan fingerprint density at radius 3 is 2.77 bits per heavy atom. The summed E-state index contributed by atoms with van der Waals surface area (Å²) in [6, 6.07) is 0.757. The lowest BCUT2D eigenvalue weighted by atomic mass is 10.1. The molecule has 1 heteroatoms. The lowest BCUT2D eigenvalue weighted by molar-refractivity contribution is 0.423. The van der Waals surface area contributed by atoms with Crippen LogP contribution in [0.3, 0.4) is 0 Å². The second kappa shape index (κ2) is 5.43. The van der Waals surface area contributed by atoms with E-state index in [2.05, 4.69) is 25.7 Å². The first-order valence-electron chi connectivity index (χ1n) is 5.63. The van der Waals surface area contributed by atoms with Gasteiger partial charge in [-0.2, -0.15) is 0 Å². The zero-order valence-electron chi connectivity index (χ0n) is 9.05. The van der Waals surface area contributed by atoms with Gasteiger partial charge in [-0.05, 0) is 44.1 Å². The Balaban J connectivity index is 2.22. The molecule has 1 nitrogen and oxygen atoms in total. The van der Waals surface area contributed by atoms with Gasteiger partial charge < -0.3 is 5.32 Å². The SMILES string of the molecule is C=CCCC(NCCC)C1CC1C. The zero-order valence-corrected chi connectivity index (χ0v) is 9.05. The molecule has 0 radical (unpaired) electrons. The van der Waals surface area contributed by atoms with E-state index in [9.17, 15) is 0 Å². The van der Waals surface area contributed by atoms with Gasteiger partial charge in [0.15, 0.2) is 0 Å². The minimum absolute atomic E-state index is 0.757. The predicted molar refractivity (Wildman–Crippen MR) is 58.8 cm³/mol. The fourth-order valence-electron chi connectivity index (χ4n) is 2.01. The first-order chi connectivity index (χ1) is 6.29. The molecule has 0 bridgehead atoms. The summed E-state index contributed by atoms with van der Waals surface area (Å²) in [6.45, 7) is 9.55. The van der Waals surface area contributed by atoms with E-state index in [4.69, 9.17) is 0 Å². The van der Waals surface area contributed by atoms with E-state index in [1.54, 1.807) is 0 Å². The molecule has 0 aliphatic heterocycles. The number of hydrogen-bond acceptors (Lipinski definition) is 1. The zero-order chi connectivity index (χ0) is 9.68. The van der Waals surface area contributed by atoms with Crippen molar-refractivity contribution in [2.24, 2.45) is 11.8 Å². The molecule has 13 heavy (non-hydrogen) atoms. The highest BCUT2D eigenvalue weighted by molar-refractivity contribution is 4.93. The van der Waals surface area contributed by atoms with Crippen molar-refractivity contribution >= 4 is 0 Å². The van der Waals surface area contributed by atoms with E-state index in [-0.39, 0.29) is 0 Å². The smallest absolute Gasteiger partial charge is 0.0101 e. The number of hydrogen-bond donors (Lipinski definition) is 1. The van der Waals surface area contributed by atoms with Crippen LogP contribution < -0.4 is 5.32 Å². The van der Waals surface area contributed by atoms with E-state index in [0.717, 1.165) is 24.3 Å². The third-order valence-electron chi connectivity index (χ3n) is 3.03. The fraction of sp³-hybridized carbons (Fsp3) is 0.833. The molecular weight excluding hydrogens is 158 g/mol. The fourth-order valence-corrected chi connectivity index (χ4v) is 2.01. The average molecular weight is 181 g/mol. The lowest BCUT2D eigenvalue weighted by Crippen LogP contribution is -2.32. The summed E-state index contributed by atoms with van der Waals surface area (Å²) in [6.07, 6.45) is 7.14. The van der Waals surface area contributed by atoms with Crippen molar-refractivity contribution in [1.29, 1.82) is 0 Å². The highest BCUT2D eigenvalue weighted by Crippen LogP contribution is 2.41. The maximum Gasteiger partial charge on any atom is 0.0101 e. The van der Waals surface area contributed by atoms with Crippen LogP contribution in [0.1, 0.15) is 39.5 Å². The van der Waals surface area contributed by atoms with Crippen LogP contribution in [0.5, 0.6) is 0 Å². The Kier molecular flexibility index (Phi) is 4.51. The molecule has 1 saturated carbocycles. The molecule has 0 spiro atoms. The molecule has 3 atom stereocenters. The topological polar surface area (TPSA) is 12.0 Å². The number of rotatable bonds is 7. The molecule has 1 fully saturated rings. The normalized spacial score (nSPS) is 28.5. The van der Waals surface area contributed by atoms with Crippen molar-refractivity contribution < 1.29 is 0 Å². The first kappa shape index (κ1) is 10.8. The molecule has 3 unspecified atom stereocenters. The van der Waals surface area contributed by atoms with E-state index < -0.39 is 0 Å². The van der Waals surface area contributed by atoms with E-state index in [0.29, 0.717) is 0 Å². The molecule has 0 amide bonds. The van der Waals surface area contributed by atoms with Crippen molar-refractivity contribution in [3.8, 4) is 0 Å². The molecule has 0 aromatic carbocycles. The third-order valence-corrected chi connectivity index (χ3v) is 3.03. The van der Waals surface area contributed by atoms with Crippen LogP contribution in [0, 0.1) is 11.8 Å². The Morgan fingerprint density at radius 1 is 1.62 bits per heavy atom. The van der Waals surface area contributed by atoms with Gasteiger partial charge in [-0.3, -0.25) is 0 Å². The van der Waals surface area contributed by atoms with Crippen molar-refractivity contribution in [2.75, 3.05) is 6.54 Å². The summed E-state index contributed by atoms with van der Waals surface area (Å²) in [7, 11) is 0. The van der Waals surface area contributed by atoms with Gasteiger partial charge in [-0.15, -0.1) is 6.58 Å². The van der Waals surface area contributed by atoms with Crippen molar-refractivity contribution in [1.82, 2.24) is 5.32 Å². The molecular formula is C12H23N. The second-order valence-electron chi connectivity index (χ2n) is 4.30. The monoisotopic (exact) mass is 181 g/mol. The predicted octanol–water partition coefficient (Wildman–Crippen LogP) is 2.98. The molecule has 0 saturated heterocycles. The molecule has 1 N–H and O–H groups in total.